The minimum atomic E-state index is -6.25. The molecule has 0 atom stereocenters. The second-order valence-corrected chi connectivity index (χ2v) is 24.4. The Balaban J connectivity index is 0.00000897. The topological polar surface area (TPSA) is 49.0 Å². The molecule has 0 saturated carbocycles. The first-order valence-electron chi connectivity index (χ1n) is 36.1. The summed E-state index contributed by atoms with van der Waals surface area (Å²) >= 11 is 0. The summed E-state index contributed by atoms with van der Waals surface area (Å²) in [6, 6.07) is 33.5. The Hall–Kier alpha value is -9.65. The van der Waals surface area contributed by atoms with Gasteiger partial charge in [0.1, 0.15) is 17.0 Å². The molecule has 15 aromatic rings. The predicted octanol–water partition coefficient (Wildman–Crippen LogP) is 15.5. The molecule has 0 aliphatic rings. The fraction of sp³-hybridized carbons (Fsp3) is 0.0526. The van der Waals surface area contributed by atoms with Crippen molar-refractivity contribution in [3.05, 3.63) is 297 Å². The maximum atomic E-state index is 10.9. The second kappa shape index (κ2) is 21.3. The van der Waals surface area contributed by atoms with Crippen LogP contribution in [0.25, 0.3) is 94.2 Å². The summed E-state index contributed by atoms with van der Waals surface area (Å²) in [5.74, 6) is 1.35. The van der Waals surface area contributed by atoms with E-state index in [-0.39, 0.29) is 43.5 Å². The molecule has 0 aliphatic carbocycles. The molecule has 6 nitrogen and oxygen atoms in total. The predicted molar refractivity (Wildman–Crippen MR) is 340 cm³/mol. The van der Waals surface area contributed by atoms with E-state index >= 15 is 0 Å². The molecule has 0 spiro atoms. The number of furan rings is 1. The van der Waals surface area contributed by atoms with Crippen LogP contribution in [0.4, 0.5) is 0 Å². The van der Waals surface area contributed by atoms with Crippen molar-refractivity contribution < 1.29 is 60.8 Å². The maximum absolute atomic E-state index is 10.9. The van der Waals surface area contributed by atoms with Crippen molar-refractivity contribution in [3.63, 3.8) is 0 Å². The van der Waals surface area contributed by atoms with Gasteiger partial charge >= 0.3 is 0 Å². The van der Waals surface area contributed by atoms with Crippen molar-refractivity contribution in [2.45, 2.75) is 26.2 Å². The third kappa shape index (κ3) is 8.91. The number of nitrogens with zero attached hydrogens (tertiary/aromatic N) is 4. The van der Waals surface area contributed by atoms with Crippen LogP contribution in [0.2, 0.25) is 0 Å². The van der Waals surface area contributed by atoms with Gasteiger partial charge in [-0.15, -0.1) is 29.7 Å². The van der Waals surface area contributed by atoms with Crippen molar-refractivity contribution >= 4 is 83.6 Å². The molecule has 0 unspecified atom stereocenters. The minimum absolute atomic E-state index is 0. The van der Waals surface area contributed by atoms with Gasteiger partial charge in [-0.25, -0.2) is 4.98 Å². The Labute approximate surface area is 530 Å². The van der Waals surface area contributed by atoms with E-state index in [2.05, 4.69) is 55.9 Å². The van der Waals surface area contributed by atoms with E-state index < -0.39 is 149 Å². The van der Waals surface area contributed by atoms with Gasteiger partial charge in [-0.1, -0.05) is 226 Å². The van der Waals surface area contributed by atoms with Crippen LogP contribution in [0.3, 0.4) is 0 Å². The molecule has 0 bridgehead atoms. The van der Waals surface area contributed by atoms with E-state index in [0.717, 1.165) is 32.8 Å². The third-order valence-corrected chi connectivity index (χ3v) is 19.0. The Kier molecular flexibility index (Phi) is 8.95. The van der Waals surface area contributed by atoms with Crippen LogP contribution in [-0.2, 0) is 26.5 Å². The summed E-state index contributed by atoms with van der Waals surface area (Å²) in [6.07, 6.45) is 5.35. The van der Waals surface area contributed by atoms with Crippen LogP contribution in [0.5, 0.6) is 11.5 Å². The van der Waals surface area contributed by atoms with Crippen LogP contribution in [0.15, 0.2) is 277 Å². The first-order chi connectivity index (χ1) is 48.7. The standard InChI is InChI=1S/C76H54N4O2Si.Pt/c1-76(2,3)54-44-45-77-74(48-54)80-68-36-15-13-32-64(68)65-42-41-57(50-71(65)80)81-56-24-20-23-55(49-56)78-51-79(70-38-17-16-37-69(70)78)75-62(34-21-35-63(75)53-40-43-73-67(47-53)66-33-14-18-39-72(66)82-73)52-22-19-31-61(46-52)83(58-25-7-4-8-26-58,59-27-9-5-10-28-59)60-29-11-6-12-30-60;/h4-48H,1-3H3;/q-2;/i4D,5D,6D,7D,8D,9D,10D,11D,12D,19D,22D,25D,26D,27D,28D,29D,30D,31D,46D;. The number of rotatable bonds is 11. The van der Waals surface area contributed by atoms with Crippen molar-refractivity contribution in [1.29, 1.82) is 0 Å². The summed E-state index contributed by atoms with van der Waals surface area (Å²) in [6.45, 7) is 6.44. The van der Waals surface area contributed by atoms with Crippen LogP contribution in [-0.4, -0.2) is 22.2 Å². The zero-order valence-corrected chi connectivity index (χ0v) is 48.2. The normalized spacial score (nSPS) is 15.1. The molecule has 0 amide bonds. The van der Waals surface area contributed by atoms with Crippen molar-refractivity contribution in [1.82, 2.24) is 14.1 Å². The molecule has 4 aromatic heterocycles. The molecule has 0 N–H and O–H groups in total. The number of fused-ring (bicyclic) bond motifs is 7. The van der Waals surface area contributed by atoms with E-state index in [1.807, 2.05) is 78.9 Å². The molecule has 0 saturated heterocycles. The smallest absolute Gasteiger partial charge is 0.268 e. The molecular formula is C76H54N4O2PtSi-2. The monoisotopic (exact) mass is 1300 g/mol. The van der Waals surface area contributed by atoms with E-state index in [1.165, 1.54) is 6.07 Å². The van der Waals surface area contributed by atoms with Gasteiger partial charge in [-0.3, -0.25) is 4.57 Å². The molecule has 84 heavy (non-hydrogen) atoms. The van der Waals surface area contributed by atoms with Gasteiger partial charge in [-0.2, -0.15) is 18.2 Å². The molecule has 406 valence electrons. The van der Waals surface area contributed by atoms with E-state index in [0.29, 0.717) is 56.0 Å². The molecular weight excluding hydrogens is 1220 g/mol. The summed E-state index contributed by atoms with van der Waals surface area (Å²) in [5.41, 5.74) is 5.68. The van der Waals surface area contributed by atoms with Gasteiger partial charge in [0.25, 0.3) is 6.33 Å². The van der Waals surface area contributed by atoms with E-state index in [1.54, 1.807) is 69.9 Å². The molecule has 11 aromatic carbocycles. The number of hydrogen-bond acceptors (Lipinski definition) is 3. The fourth-order valence-corrected chi connectivity index (χ4v) is 14.7. The van der Waals surface area contributed by atoms with Crippen molar-refractivity contribution in [3.8, 4) is 50.9 Å². The largest absolute Gasteiger partial charge is 0.510 e. The minimum Gasteiger partial charge on any atom is -0.510 e. The summed E-state index contributed by atoms with van der Waals surface area (Å²) in [7, 11) is -6.25. The molecule has 15 rings (SSSR count). The maximum Gasteiger partial charge on any atom is 0.268 e. The average molecular weight is 1300 g/mol. The van der Waals surface area contributed by atoms with Crippen LogP contribution in [0, 0.1) is 18.5 Å². The van der Waals surface area contributed by atoms with Gasteiger partial charge in [0, 0.05) is 55.1 Å². The van der Waals surface area contributed by atoms with Gasteiger partial charge in [0.2, 0.25) is 0 Å². The molecule has 0 aliphatic heterocycles. The second-order valence-electron chi connectivity index (χ2n) is 20.9. The third-order valence-electron chi connectivity index (χ3n) is 15.0. The zero-order valence-electron chi connectivity index (χ0n) is 63.9. The SMILES string of the molecule is [2H]c1c([2H])c([2H])c([Si](c2c([2H])c([2H])c([2H])c([2H])c2[2H])(c2c([2H])c([2H])c([2H])c([2H])c2[2H])c2c([2H])c([2H])c([2H])c(-c3cccc(-c4ccc5oc6ccccc6c5c4)c3-[n+]3[c-]n(-c4[c-]c(Oc5[c-]c6c(cc5)c5ccccc5n6-c5cc(C(C)(C)C)ccn5)ccc4)c4ccccc43)c2[2H])c([2H])c1[2H].[Pt]. The number of pyridine rings is 1. The fourth-order valence-electron chi connectivity index (χ4n) is 11.2. The van der Waals surface area contributed by atoms with Gasteiger partial charge < -0.3 is 18.3 Å². The molecule has 0 fully saturated rings. The number of hydrogen-bond donors (Lipinski definition) is 0. The number of benzene rings is 11. The van der Waals surface area contributed by atoms with Gasteiger partial charge in [-0.05, 0) is 101 Å². The number of para-hydroxylation sites is 5. The summed E-state index contributed by atoms with van der Waals surface area (Å²) in [5, 5.41) is -0.383. The number of aromatic nitrogens is 4. The Morgan fingerprint density at radius 2 is 1.17 bits per heavy atom. The zero-order chi connectivity index (χ0) is 72.2. The van der Waals surface area contributed by atoms with Crippen LogP contribution >= 0.6 is 0 Å². The van der Waals surface area contributed by atoms with Crippen molar-refractivity contribution in [2.75, 3.05) is 0 Å². The Morgan fingerprint density at radius 3 is 1.90 bits per heavy atom. The van der Waals surface area contributed by atoms with E-state index in [4.69, 9.17) is 26.5 Å². The Morgan fingerprint density at radius 1 is 0.536 bits per heavy atom. The average Bonchev–Trinajstić information content (AvgIpc) is 1.36. The molecule has 4 heterocycles. The van der Waals surface area contributed by atoms with Crippen LogP contribution < -0.4 is 30.1 Å². The summed E-state index contributed by atoms with van der Waals surface area (Å²) < 4.78 is 200. The first-order valence-corrected chi connectivity index (χ1v) is 28.6. The molecule has 8 heteroatoms. The van der Waals surface area contributed by atoms with Gasteiger partial charge in [0.15, 0.2) is 8.07 Å². The van der Waals surface area contributed by atoms with Crippen molar-refractivity contribution in [2.24, 2.45) is 0 Å². The first kappa shape index (κ1) is 35.4. The quantitative estimate of drug-likeness (QED) is 0.0561. The number of ether oxygens (including phenoxy) is 1. The Bertz CT molecular complexity index is 5890. The van der Waals surface area contributed by atoms with E-state index in [9.17, 15) is 13.7 Å². The van der Waals surface area contributed by atoms with Gasteiger partial charge in [0.05, 0.1) is 42.8 Å². The molecule has 0 radical (unpaired) electrons. The number of imidazole rings is 1. The summed E-state index contributed by atoms with van der Waals surface area (Å²) in [4.78, 5) is 4.84. The van der Waals surface area contributed by atoms with Crippen LogP contribution in [0.1, 0.15) is 52.4 Å².